The molecule has 1 aromatic carbocycles. The minimum Gasteiger partial charge on any atom is -0.447 e. The van der Waals surface area contributed by atoms with Crippen LogP contribution in [0.5, 0.6) is 0 Å². The molecule has 1 aromatic rings. The second-order valence-electron chi connectivity index (χ2n) is 5.91. The lowest BCUT2D eigenvalue weighted by molar-refractivity contribution is -0.149. The van der Waals surface area contributed by atoms with E-state index >= 15 is 0 Å². The van der Waals surface area contributed by atoms with Crippen molar-refractivity contribution in [1.82, 2.24) is 0 Å². The molecule has 8 heteroatoms. The minimum absolute atomic E-state index is 0.0226. The van der Waals surface area contributed by atoms with Crippen LogP contribution in [0.1, 0.15) is 19.3 Å². The van der Waals surface area contributed by atoms with Gasteiger partial charge in [0.25, 0.3) is 5.91 Å². The summed E-state index contributed by atoms with van der Waals surface area (Å²) >= 11 is 0. The van der Waals surface area contributed by atoms with Crippen LogP contribution in [0.4, 0.5) is 5.69 Å². The van der Waals surface area contributed by atoms with Crippen molar-refractivity contribution in [3.8, 4) is 0 Å². The second kappa shape index (κ2) is 6.31. The molecular formula is C16H18N4O4. The zero-order valence-electron chi connectivity index (χ0n) is 12.9. The maximum atomic E-state index is 12.3. The van der Waals surface area contributed by atoms with E-state index < -0.39 is 29.9 Å². The van der Waals surface area contributed by atoms with Gasteiger partial charge in [-0.25, -0.2) is 4.79 Å². The van der Waals surface area contributed by atoms with E-state index in [1.807, 2.05) is 6.07 Å². The van der Waals surface area contributed by atoms with Gasteiger partial charge in [-0.2, -0.15) is 5.10 Å². The molecule has 24 heavy (non-hydrogen) atoms. The highest BCUT2D eigenvalue weighted by atomic mass is 16.5. The molecule has 0 spiro atoms. The Balaban J connectivity index is 1.78. The van der Waals surface area contributed by atoms with Crippen LogP contribution >= 0.6 is 0 Å². The molecule has 0 aromatic heterocycles. The normalized spacial score (nSPS) is 21.1. The fourth-order valence-corrected chi connectivity index (χ4v) is 2.64. The summed E-state index contributed by atoms with van der Waals surface area (Å²) in [5, 5.41) is 5.57. The van der Waals surface area contributed by atoms with Gasteiger partial charge < -0.3 is 16.2 Å². The van der Waals surface area contributed by atoms with E-state index in [1.165, 1.54) is 5.01 Å². The van der Waals surface area contributed by atoms with Crippen molar-refractivity contribution in [2.75, 3.05) is 5.01 Å². The number of primary amides is 2. The van der Waals surface area contributed by atoms with Crippen molar-refractivity contribution in [3.05, 3.63) is 30.3 Å². The number of benzene rings is 1. The first kappa shape index (κ1) is 16.0. The Labute approximate surface area is 138 Å². The van der Waals surface area contributed by atoms with Crippen molar-refractivity contribution < 1.29 is 19.1 Å². The van der Waals surface area contributed by atoms with Crippen LogP contribution in [-0.2, 0) is 19.1 Å². The topological polar surface area (TPSA) is 128 Å². The van der Waals surface area contributed by atoms with Gasteiger partial charge in [-0.05, 0) is 25.0 Å². The second-order valence-corrected chi connectivity index (χ2v) is 5.91. The van der Waals surface area contributed by atoms with Gasteiger partial charge in [0.2, 0.25) is 5.91 Å². The van der Waals surface area contributed by atoms with Crippen LogP contribution in [0, 0.1) is 5.92 Å². The predicted octanol–water partition coefficient (Wildman–Crippen LogP) is -0.0863. The molecule has 1 aliphatic heterocycles. The molecule has 1 aliphatic carbocycles. The number of carbonyl (C=O) groups is 3. The molecule has 3 rings (SSSR count). The number of esters is 1. The van der Waals surface area contributed by atoms with Gasteiger partial charge in [-0.15, -0.1) is 0 Å². The molecule has 0 radical (unpaired) electrons. The van der Waals surface area contributed by atoms with Gasteiger partial charge >= 0.3 is 5.97 Å². The first-order chi connectivity index (χ1) is 11.5. The third kappa shape index (κ3) is 3.22. The molecular weight excluding hydrogens is 312 g/mol. The summed E-state index contributed by atoms with van der Waals surface area (Å²) in [6.07, 6.45) is 0.679. The molecule has 0 unspecified atom stereocenters. The van der Waals surface area contributed by atoms with Crippen molar-refractivity contribution in [3.63, 3.8) is 0 Å². The Kier molecular flexibility index (Phi) is 4.20. The summed E-state index contributed by atoms with van der Waals surface area (Å²) in [4.78, 5) is 35.4. The maximum Gasteiger partial charge on any atom is 0.355 e. The number of hydrogen-bond donors (Lipinski definition) is 2. The lowest BCUT2D eigenvalue weighted by atomic mass is 10.1. The highest BCUT2D eigenvalue weighted by Crippen LogP contribution is 2.34. The summed E-state index contributed by atoms with van der Waals surface area (Å²) in [6.45, 7) is 0. The van der Waals surface area contributed by atoms with Gasteiger partial charge in [0.15, 0.2) is 6.10 Å². The number of amides is 2. The summed E-state index contributed by atoms with van der Waals surface area (Å²) < 4.78 is 5.21. The van der Waals surface area contributed by atoms with Gasteiger partial charge in [-0.3, -0.25) is 14.6 Å². The molecule has 0 saturated heterocycles. The largest absolute Gasteiger partial charge is 0.447 e. The van der Waals surface area contributed by atoms with Crippen molar-refractivity contribution in [2.45, 2.75) is 31.4 Å². The predicted molar refractivity (Wildman–Crippen MR) is 85.8 cm³/mol. The molecule has 1 saturated carbocycles. The molecule has 2 atom stereocenters. The SMILES string of the molecule is NC(=O)[C@@H](OC(=O)C1=NN(c2ccccc2)[C@H](C(N)=O)C1)C1CC1. The van der Waals surface area contributed by atoms with Crippen LogP contribution in [0.2, 0.25) is 0 Å². The van der Waals surface area contributed by atoms with Gasteiger partial charge in [0.05, 0.1) is 5.69 Å². The molecule has 8 nitrogen and oxygen atoms in total. The summed E-state index contributed by atoms with van der Waals surface area (Å²) in [7, 11) is 0. The summed E-state index contributed by atoms with van der Waals surface area (Å²) in [5.41, 5.74) is 11.4. The number of nitrogens with zero attached hydrogens (tertiary/aromatic N) is 2. The van der Waals surface area contributed by atoms with Gasteiger partial charge in [0, 0.05) is 12.3 Å². The Bertz CT molecular complexity index is 699. The molecule has 2 aliphatic rings. The number of nitrogens with two attached hydrogens (primary N) is 2. The maximum absolute atomic E-state index is 12.3. The van der Waals surface area contributed by atoms with Crippen molar-refractivity contribution in [2.24, 2.45) is 22.5 Å². The smallest absolute Gasteiger partial charge is 0.355 e. The van der Waals surface area contributed by atoms with Crippen LogP contribution in [0.15, 0.2) is 35.4 Å². The number of anilines is 1. The van der Waals surface area contributed by atoms with Crippen LogP contribution < -0.4 is 16.5 Å². The van der Waals surface area contributed by atoms with Crippen molar-refractivity contribution in [1.29, 1.82) is 0 Å². The first-order valence-corrected chi connectivity index (χ1v) is 7.68. The van der Waals surface area contributed by atoms with Gasteiger partial charge in [-0.1, -0.05) is 18.2 Å². The monoisotopic (exact) mass is 330 g/mol. The molecule has 0 bridgehead atoms. The highest BCUT2D eigenvalue weighted by molar-refractivity contribution is 6.38. The lowest BCUT2D eigenvalue weighted by Crippen LogP contribution is -2.40. The third-order valence-corrected chi connectivity index (χ3v) is 4.06. The molecule has 2 amide bonds. The summed E-state index contributed by atoms with van der Waals surface area (Å²) in [6, 6.07) is 8.13. The Hall–Kier alpha value is -2.90. The first-order valence-electron chi connectivity index (χ1n) is 7.68. The fourth-order valence-electron chi connectivity index (χ4n) is 2.64. The number of rotatable bonds is 6. The standard InChI is InChI=1S/C16H18N4O4/c17-14(21)12-8-11(19-20(12)10-4-2-1-3-5-10)16(23)24-13(15(18)22)9-6-7-9/h1-5,9,12-13H,6-8H2,(H2,17,21)(H2,18,22)/t12-,13-/m0/s1. The number of para-hydroxylation sites is 1. The number of ether oxygens (including phenoxy) is 1. The molecule has 1 heterocycles. The summed E-state index contributed by atoms with van der Waals surface area (Å²) in [5.74, 6) is -2.03. The molecule has 126 valence electrons. The van der Waals surface area contributed by atoms with E-state index in [1.54, 1.807) is 24.3 Å². The van der Waals surface area contributed by atoms with Crippen LogP contribution in [-0.4, -0.2) is 35.6 Å². The number of hydrazone groups is 1. The average Bonchev–Trinajstić information content (AvgIpc) is 3.29. The van der Waals surface area contributed by atoms with E-state index in [0.29, 0.717) is 5.69 Å². The molecule has 1 fully saturated rings. The van der Waals surface area contributed by atoms with E-state index in [9.17, 15) is 14.4 Å². The Morgan fingerprint density at radius 2 is 1.83 bits per heavy atom. The van der Waals surface area contributed by atoms with Crippen LogP contribution in [0.25, 0.3) is 0 Å². The van der Waals surface area contributed by atoms with Crippen molar-refractivity contribution >= 4 is 29.2 Å². The Morgan fingerprint density at radius 3 is 2.38 bits per heavy atom. The number of hydrogen-bond acceptors (Lipinski definition) is 6. The molecule has 4 N–H and O–H groups in total. The average molecular weight is 330 g/mol. The fraction of sp³-hybridized carbons (Fsp3) is 0.375. The quantitative estimate of drug-likeness (QED) is 0.705. The van der Waals surface area contributed by atoms with E-state index in [0.717, 1.165) is 12.8 Å². The van der Waals surface area contributed by atoms with E-state index in [4.69, 9.17) is 16.2 Å². The highest BCUT2D eigenvalue weighted by Gasteiger charge is 2.41. The minimum atomic E-state index is -0.946. The van der Waals surface area contributed by atoms with E-state index in [-0.39, 0.29) is 18.1 Å². The van der Waals surface area contributed by atoms with Crippen LogP contribution in [0.3, 0.4) is 0 Å². The van der Waals surface area contributed by atoms with E-state index in [2.05, 4.69) is 5.10 Å². The Morgan fingerprint density at radius 1 is 1.17 bits per heavy atom. The third-order valence-electron chi connectivity index (χ3n) is 4.06. The zero-order chi connectivity index (χ0) is 17.3. The number of carbonyl (C=O) groups excluding carboxylic acids is 3. The lowest BCUT2D eigenvalue weighted by Gasteiger charge is -2.20. The zero-order valence-corrected chi connectivity index (χ0v) is 12.9. The van der Waals surface area contributed by atoms with Gasteiger partial charge in [0.1, 0.15) is 11.8 Å².